The van der Waals surface area contributed by atoms with Crippen molar-refractivity contribution in [1.82, 2.24) is 9.13 Å². The topological polar surface area (TPSA) is 168 Å². The highest BCUT2D eigenvalue weighted by molar-refractivity contribution is 5.69. The van der Waals surface area contributed by atoms with Crippen LogP contribution in [0.25, 0.3) is 0 Å². The maximum Gasteiger partial charge on any atom is 0.333 e. The molecule has 2 rings (SSSR count). The fraction of sp³-hybridized carbons (Fsp3) is 0.680. The number of ether oxygens (including phenoxy) is 6. The molecular weight excluding hydrogens is 520 g/mol. The first kappa shape index (κ1) is 31.5. The van der Waals surface area contributed by atoms with Crippen molar-refractivity contribution >= 4 is 23.9 Å². The van der Waals surface area contributed by atoms with Crippen LogP contribution in [0.15, 0.2) is 9.59 Å². The Morgan fingerprint density at radius 2 is 1.46 bits per heavy atom. The third kappa shape index (κ3) is 8.15. The molecular formula is C25H36N2O12. The Labute approximate surface area is 225 Å². The molecule has 1 aromatic heterocycles. The van der Waals surface area contributed by atoms with Crippen molar-refractivity contribution in [3.63, 3.8) is 0 Å². The van der Waals surface area contributed by atoms with Gasteiger partial charge in [0.25, 0.3) is 5.56 Å². The van der Waals surface area contributed by atoms with Crippen LogP contribution < -0.4 is 16.0 Å². The molecule has 0 aromatic carbocycles. The highest BCUT2D eigenvalue weighted by Gasteiger charge is 2.48. The number of nitrogens with zero attached hydrogens (tertiary/aromatic N) is 2. The van der Waals surface area contributed by atoms with Gasteiger partial charge in [-0.25, -0.2) is 4.79 Å². The first-order chi connectivity index (χ1) is 18.1. The quantitative estimate of drug-likeness (QED) is 0.271. The molecule has 0 N–H and O–H groups in total. The van der Waals surface area contributed by atoms with E-state index in [9.17, 15) is 28.8 Å². The van der Waals surface area contributed by atoms with Crippen LogP contribution in [-0.2, 0) is 57.0 Å². The third-order valence-corrected chi connectivity index (χ3v) is 5.78. The second-order valence-corrected chi connectivity index (χ2v) is 9.64. The van der Waals surface area contributed by atoms with Gasteiger partial charge in [-0.3, -0.25) is 33.1 Å². The lowest BCUT2D eigenvalue weighted by molar-refractivity contribution is -0.195. The summed E-state index contributed by atoms with van der Waals surface area (Å²) in [6, 6.07) is 0. The van der Waals surface area contributed by atoms with Crippen LogP contribution >= 0.6 is 0 Å². The summed E-state index contributed by atoms with van der Waals surface area (Å²) in [4.78, 5) is 74.1. The number of esters is 4. The standard InChI is InChI=1S/C25H36N2O12/c1-12(2)10-35-19-9-17(20-23(32)26(7)25(33)27(8)24(20)39-19)21(37-15(5)30)22(38-16(6)31)18(36-14(4)29)11-34-13(3)28/h12,17-19,21-22H,9-11H2,1-8H3/t17-,18-,19+,21+,22+/m0/s1. The summed E-state index contributed by atoms with van der Waals surface area (Å²) in [6.07, 6.45) is -5.46. The van der Waals surface area contributed by atoms with E-state index in [0.717, 1.165) is 36.8 Å². The molecule has 14 heteroatoms. The summed E-state index contributed by atoms with van der Waals surface area (Å²) in [5, 5.41) is 0. The van der Waals surface area contributed by atoms with Gasteiger partial charge in [-0.05, 0) is 5.92 Å². The Kier molecular flexibility index (Phi) is 10.8. The number of rotatable bonds is 11. The Bertz CT molecular complexity index is 1200. The average molecular weight is 557 g/mol. The van der Waals surface area contributed by atoms with Gasteiger partial charge in [0.1, 0.15) is 12.7 Å². The van der Waals surface area contributed by atoms with Crippen LogP contribution in [0, 0.1) is 5.92 Å². The fourth-order valence-electron chi connectivity index (χ4n) is 4.23. The molecule has 2 heterocycles. The van der Waals surface area contributed by atoms with Crippen LogP contribution in [0.3, 0.4) is 0 Å². The van der Waals surface area contributed by atoms with Crippen molar-refractivity contribution in [2.75, 3.05) is 13.2 Å². The second kappa shape index (κ2) is 13.4. The van der Waals surface area contributed by atoms with E-state index in [1.807, 2.05) is 13.8 Å². The Morgan fingerprint density at radius 1 is 0.872 bits per heavy atom. The predicted octanol–water partition coefficient (Wildman–Crippen LogP) is 0.307. The fourth-order valence-corrected chi connectivity index (χ4v) is 4.23. The first-order valence-corrected chi connectivity index (χ1v) is 12.4. The smallest absolute Gasteiger partial charge is 0.333 e. The molecule has 1 aliphatic heterocycles. The van der Waals surface area contributed by atoms with Crippen LogP contribution in [0.4, 0.5) is 0 Å². The zero-order chi connectivity index (χ0) is 29.6. The van der Waals surface area contributed by atoms with Gasteiger partial charge in [0.2, 0.25) is 12.2 Å². The van der Waals surface area contributed by atoms with E-state index in [0.29, 0.717) is 0 Å². The minimum atomic E-state index is -1.53. The first-order valence-electron chi connectivity index (χ1n) is 12.4. The Hall–Kier alpha value is -3.68. The molecule has 0 saturated heterocycles. The van der Waals surface area contributed by atoms with Crippen molar-refractivity contribution < 1.29 is 47.6 Å². The van der Waals surface area contributed by atoms with Gasteiger partial charge >= 0.3 is 29.6 Å². The van der Waals surface area contributed by atoms with E-state index >= 15 is 0 Å². The second-order valence-electron chi connectivity index (χ2n) is 9.64. The number of hydrogen-bond acceptors (Lipinski definition) is 12. The third-order valence-electron chi connectivity index (χ3n) is 5.78. The van der Waals surface area contributed by atoms with E-state index in [-0.39, 0.29) is 30.4 Å². The highest BCUT2D eigenvalue weighted by Crippen LogP contribution is 2.39. The number of hydrogen-bond donors (Lipinski definition) is 0. The lowest BCUT2D eigenvalue weighted by Gasteiger charge is -2.40. The van der Waals surface area contributed by atoms with Crippen molar-refractivity contribution in [3.05, 3.63) is 26.4 Å². The van der Waals surface area contributed by atoms with Gasteiger partial charge in [-0.15, -0.1) is 0 Å². The highest BCUT2D eigenvalue weighted by atomic mass is 16.7. The summed E-state index contributed by atoms with van der Waals surface area (Å²) in [5.74, 6) is -4.22. The maximum atomic E-state index is 13.4. The zero-order valence-electron chi connectivity index (χ0n) is 23.4. The van der Waals surface area contributed by atoms with Gasteiger partial charge in [0, 0.05) is 54.1 Å². The molecule has 0 bridgehead atoms. The van der Waals surface area contributed by atoms with E-state index in [1.165, 1.54) is 14.1 Å². The number of carbonyl (C=O) groups excluding carboxylic acids is 4. The molecule has 0 unspecified atom stereocenters. The molecule has 0 aliphatic carbocycles. The zero-order valence-corrected chi connectivity index (χ0v) is 23.4. The van der Waals surface area contributed by atoms with E-state index in [4.69, 9.17) is 28.4 Å². The SMILES string of the molecule is CC(=O)OC[C@H](OC(C)=O)[C@@H](OC(C)=O)[C@H](OC(C)=O)[C@H]1C[C@H](OCC(C)C)Oc2c1c(=O)n(C)c(=O)n2C. The number of aromatic nitrogens is 2. The predicted molar refractivity (Wildman–Crippen MR) is 133 cm³/mol. The van der Waals surface area contributed by atoms with Gasteiger partial charge in [0.05, 0.1) is 12.2 Å². The summed E-state index contributed by atoms with van der Waals surface area (Å²) in [7, 11) is 2.67. The summed E-state index contributed by atoms with van der Waals surface area (Å²) in [6.45, 7) is 7.97. The normalized spacial score (nSPS) is 18.7. The van der Waals surface area contributed by atoms with Gasteiger partial charge in [-0.2, -0.15) is 0 Å². The van der Waals surface area contributed by atoms with Crippen molar-refractivity contribution in [2.45, 2.75) is 78.5 Å². The summed E-state index contributed by atoms with van der Waals surface area (Å²) >= 11 is 0. The molecule has 0 saturated carbocycles. The van der Waals surface area contributed by atoms with Crippen LogP contribution in [0.5, 0.6) is 5.88 Å². The van der Waals surface area contributed by atoms with Crippen molar-refractivity contribution in [2.24, 2.45) is 20.0 Å². The molecule has 0 spiro atoms. The summed E-state index contributed by atoms with van der Waals surface area (Å²) in [5.41, 5.74) is -1.44. The van der Waals surface area contributed by atoms with E-state index in [1.54, 1.807) is 0 Å². The number of carbonyl (C=O) groups is 4. The maximum absolute atomic E-state index is 13.4. The Balaban J connectivity index is 2.79. The largest absolute Gasteiger partial charge is 0.462 e. The molecule has 218 valence electrons. The van der Waals surface area contributed by atoms with Crippen molar-refractivity contribution in [1.29, 1.82) is 0 Å². The van der Waals surface area contributed by atoms with E-state index in [2.05, 4.69) is 0 Å². The van der Waals surface area contributed by atoms with Gasteiger partial charge in [-0.1, -0.05) is 13.8 Å². The molecule has 14 nitrogen and oxygen atoms in total. The van der Waals surface area contributed by atoms with Crippen LogP contribution in [0.1, 0.15) is 59.4 Å². The van der Waals surface area contributed by atoms with Gasteiger partial charge < -0.3 is 28.4 Å². The van der Waals surface area contributed by atoms with E-state index < -0.39 is 72.3 Å². The van der Waals surface area contributed by atoms with Gasteiger partial charge in [0.15, 0.2) is 12.2 Å². The van der Waals surface area contributed by atoms with Crippen LogP contribution in [-0.4, -0.2) is 70.8 Å². The molecule has 1 aliphatic rings. The monoisotopic (exact) mass is 556 g/mol. The molecule has 39 heavy (non-hydrogen) atoms. The molecule has 0 amide bonds. The molecule has 5 atom stereocenters. The van der Waals surface area contributed by atoms with Crippen LogP contribution in [0.2, 0.25) is 0 Å². The van der Waals surface area contributed by atoms with Crippen molar-refractivity contribution in [3.8, 4) is 5.88 Å². The molecule has 1 aromatic rings. The summed E-state index contributed by atoms with van der Waals surface area (Å²) < 4.78 is 35.2. The lowest BCUT2D eigenvalue weighted by Crippen LogP contribution is -2.53. The minimum absolute atomic E-state index is 0.0403. The average Bonchev–Trinajstić information content (AvgIpc) is 2.83. The molecule has 0 fully saturated rings. The minimum Gasteiger partial charge on any atom is -0.462 e. The molecule has 0 radical (unpaired) electrons. The Morgan fingerprint density at radius 3 is 1.97 bits per heavy atom. The lowest BCUT2D eigenvalue weighted by atomic mass is 9.84. The number of fused-ring (bicyclic) bond motifs is 1.